The smallest absolute Gasteiger partial charge is 0.160 e. The lowest BCUT2D eigenvalue weighted by molar-refractivity contribution is 0.186. The number of benzene rings is 1. The lowest BCUT2D eigenvalue weighted by atomic mass is 10.1. The van der Waals surface area contributed by atoms with Crippen LogP contribution in [0.1, 0.15) is 12.5 Å². The summed E-state index contributed by atoms with van der Waals surface area (Å²) in [5.41, 5.74) is 3.90. The standard InChI is InChI=1S/C9H10BrN2O3P/c1-7(11-12-15-16(13)14)5-8-3-2-4-9(10)6-8/h2-4,6,12H,5H2,1H3/p+1/b11-7-. The SMILES string of the molecule is C/C(Cc1cccc(Br)c1)=N/NO[P+](=O)O. The van der Waals surface area contributed by atoms with Crippen LogP contribution in [0, 0.1) is 0 Å². The summed E-state index contributed by atoms with van der Waals surface area (Å²) in [7, 11) is -2.67. The van der Waals surface area contributed by atoms with Gasteiger partial charge in [0.25, 0.3) is 0 Å². The van der Waals surface area contributed by atoms with Crippen LogP contribution < -0.4 is 5.59 Å². The molecule has 1 aromatic carbocycles. The molecule has 0 fully saturated rings. The maximum Gasteiger partial charge on any atom is 0.720 e. The number of rotatable bonds is 5. The van der Waals surface area contributed by atoms with Gasteiger partial charge in [-0.25, -0.2) is 0 Å². The van der Waals surface area contributed by atoms with E-state index in [9.17, 15) is 4.57 Å². The summed E-state index contributed by atoms with van der Waals surface area (Å²) in [6.45, 7) is 1.79. The average Bonchev–Trinajstić information content (AvgIpc) is 2.16. The molecule has 0 saturated heterocycles. The zero-order chi connectivity index (χ0) is 12.0. The summed E-state index contributed by atoms with van der Waals surface area (Å²) in [6.07, 6.45) is 0.637. The number of hydrogen-bond acceptors (Lipinski definition) is 4. The first kappa shape index (κ1) is 13.3. The van der Waals surface area contributed by atoms with Crippen molar-refractivity contribution in [1.29, 1.82) is 0 Å². The predicted octanol–water partition coefficient (Wildman–Crippen LogP) is 2.54. The van der Waals surface area contributed by atoms with Gasteiger partial charge in [-0.15, -0.1) is 10.5 Å². The van der Waals surface area contributed by atoms with Crippen molar-refractivity contribution in [3.05, 3.63) is 34.3 Å². The topological polar surface area (TPSA) is 70.9 Å². The van der Waals surface area contributed by atoms with Crippen molar-refractivity contribution in [3.63, 3.8) is 0 Å². The molecule has 1 atom stereocenters. The molecule has 0 aliphatic heterocycles. The van der Waals surface area contributed by atoms with Crippen molar-refractivity contribution in [2.24, 2.45) is 5.10 Å². The Labute approximate surface area is 103 Å². The summed E-state index contributed by atoms with van der Waals surface area (Å²) in [5.74, 6) is 0. The predicted molar refractivity (Wildman–Crippen MR) is 65.0 cm³/mol. The number of hydrogen-bond donors (Lipinski definition) is 2. The highest BCUT2D eigenvalue weighted by atomic mass is 79.9. The third kappa shape index (κ3) is 5.32. The van der Waals surface area contributed by atoms with E-state index < -0.39 is 8.25 Å². The summed E-state index contributed by atoms with van der Waals surface area (Å²) in [4.78, 5) is 8.34. The molecule has 1 aromatic rings. The lowest BCUT2D eigenvalue weighted by Crippen LogP contribution is -2.07. The van der Waals surface area contributed by atoms with Crippen LogP contribution in [-0.4, -0.2) is 10.6 Å². The van der Waals surface area contributed by atoms with Gasteiger partial charge in [-0.1, -0.05) is 28.1 Å². The Morgan fingerprint density at radius 3 is 3.06 bits per heavy atom. The Kier molecular flexibility index (Phi) is 5.55. The van der Waals surface area contributed by atoms with E-state index in [1.165, 1.54) is 0 Å². The van der Waals surface area contributed by atoms with Gasteiger partial charge in [-0.3, -0.25) is 0 Å². The van der Waals surface area contributed by atoms with Crippen molar-refractivity contribution in [2.75, 3.05) is 0 Å². The molecule has 16 heavy (non-hydrogen) atoms. The summed E-state index contributed by atoms with van der Waals surface area (Å²) >= 11 is 3.37. The summed E-state index contributed by atoms with van der Waals surface area (Å²) in [5, 5.41) is 3.77. The number of halogens is 1. The Morgan fingerprint density at radius 2 is 2.44 bits per heavy atom. The van der Waals surface area contributed by atoms with Crippen molar-refractivity contribution in [3.8, 4) is 0 Å². The van der Waals surface area contributed by atoms with E-state index in [4.69, 9.17) is 4.89 Å². The summed E-state index contributed by atoms with van der Waals surface area (Å²) in [6, 6.07) is 7.82. The Bertz CT molecular complexity index is 411. The van der Waals surface area contributed by atoms with Crippen molar-refractivity contribution < 1.29 is 14.1 Å². The zero-order valence-electron chi connectivity index (χ0n) is 8.55. The van der Waals surface area contributed by atoms with E-state index in [-0.39, 0.29) is 0 Å². The third-order valence-electron chi connectivity index (χ3n) is 1.70. The van der Waals surface area contributed by atoms with Crippen LogP contribution in [0.4, 0.5) is 0 Å². The second-order valence-corrected chi connectivity index (χ2v) is 4.65. The van der Waals surface area contributed by atoms with Gasteiger partial charge in [-0.05, 0) is 24.6 Å². The number of hydrazone groups is 1. The highest BCUT2D eigenvalue weighted by Crippen LogP contribution is 2.13. The van der Waals surface area contributed by atoms with Gasteiger partial charge in [-0.2, -0.15) is 5.10 Å². The van der Waals surface area contributed by atoms with Crippen LogP contribution in [0.15, 0.2) is 33.8 Å². The molecular formula is C9H11BrN2O3P+. The van der Waals surface area contributed by atoms with Crippen molar-refractivity contribution in [1.82, 2.24) is 5.59 Å². The minimum Gasteiger partial charge on any atom is -0.160 e. The van der Waals surface area contributed by atoms with Crippen LogP contribution in [-0.2, 0) is 15.6 Å². The largest absolute Gasteiger partial charge is 0.720 e. The molecule has 86 valence electrons. The number of nitrogens with one attached hydrogen (secondary N) is 1. The Morgan fingerprint density at radius 1 is 1.69 bits per heavy atom. The highest BCUT2D eigenvalue weighted by molar-refractivity contribution is 9.10. The maximum absolute atomic E-state index is 10.2. The molecule has 0 bridgehead atoms. The molecular weight excluding hydrogens is 295 g/mol. The fourth-order valence-corrected chi connectivity index (χ4v) is 1.67. The molecule has 1 unspecified atom stereocenters. The second-order valence-electron chi connectivity index (χ2n) is 3.07. The fraction of sp³-hybridized carbons (Fsp3) is 0.222. The van der Waals surface area contributed by atoms with Gasteiger partial charge in [0.05, 0.1) is 0 Å². The third-order valence-corrected chi connectivity index (χ3v) is 2.44. The van der Waals surface area contributed by atoms with Crippen LogP contribution in [0.3, 0.4) is 0 Å². The van der Waals surface area contributed by atoms with Crippen LogP contribution >= 0.6 is 24.2 Å². The lowest BCUT2D eigenvalue weighted by Gasteiger charge is -2.00. The molecule has 5 nitrogen and oxygen atoms in total. The Balaban J connectivity index is 2.50. The first-order chi connectivity index (χ1) is 7.58. The van der Waals surface area contributed by atoms with E-state index in [1.54, 1.807) is 6.92 Å². The first-order valence-corrected chi connectivity index (χ1v) is 6.36. The minimum absolute atomic E-state index is 0.637. The summed E-state index contributed by atoms with van der Waals surface area (Å²) < 4.78 is 15.4. The first-order valence-electron chi connectivity index (χ1n) is 4.43. The monoisotopic (exact) mass is 305 g/mol. The molecule has 2 N–H and O–H groups in total. The molecule has 1 rings (SSSR count). The van der Waals surface area contributed by atoms with Gasteiger partial charge in [0.1, 0.15) is 0 Å². The fourth-order valence-electron chi connectivity index (χ4n) is 1.12. The van der Waals surface area contributed by atoms with E-state index >= 15 is 0 Å². The molecule has 0 radical (unpaired) electrons. The molecule has 0 amide bonds. The van der Waals surface area contributed by atoms with Gasteiger partial charge in [0.15, 0.2) is 0 Å². The van der Waals surface area contributed by atoms with Crippen molar-refractivity contribution >= 4 is 29.9 Å². The van der Waals surface area contributed by atoms with Crippen molar-refractivity contribution in [2.45, 2.75) is 13.3 Å². The highest BCUT2D eigenvalue weighted by Gasteiger charge is 2.10. The molecule has 0 heterocycles. The molecule has 0 spiro atoms. The molecule has 0 aliphatic rings. The van der Waals surface area contributed by atoms with Gasteiger partial charge in [0.2, 0.25) is 0 Å². The molecule has 0 aromatic heterocycles. The minimum atomic E-state index is -2.67. The second kappa shape index (κ2) is 6.70. The molecule has 7 heteroatoms. The van der Waals surface area contributed by atoms with E-state index in [1.807, 2.05) is 24.3 Å². The van der Waals surface area contributed by atoms with E-state index in [0.717, 1.165) is 15.7 Å². The van der Waals surface area contributed by atoms with E-state index in [0.29, 0.717) is 6.42 Å². The normalized spacial score (nSPS) is 12.4. The number of nitrogens with zero attached hydrogens (tertiary/aromatic N) is 1. The quantitative estimate of drug-likeness (QED) is 0.498. The van der Waals surface area contributed by atoms with Crippen LogP contribution in [0.2, 0.25) is 0 Å². The van der Waals surface area contributed by atoms with Gasteiger partial charge in [0, 0.05) is 25.8 Å². The van der Waals surface area contributed by atoms with Crippen LogP contribution in [0.25, 0.3) is 0 Å². The van der Waals surface area contributed by atoms with Gasteiger partial charge >= 0.3 is 8.25 Å². The van der Waals surface area contributed by atoms with Crippen LogP contribution in [0.5, 0.6) is 0 Å². The van der Waals surface area contributed by atoms with Gasteiger partial charge < -0.3 is 0 Å². The molecule has 0 saturated carbocycles. The average molecular weight is 306 g/mol. The van der Waals surface area contributed by atoms with E-state index in [2.05, 4.69) is 31.2 Å². The Hall–Kier alpha value is -0.810. The zero-order valence-corrected chi connectivity index (χ0v) is 11.0. The molecule has 0 aliphatic carbocycles. The maximum atomic E-state index is 10.2.